The summed E-state index contributed by atoms with van der Waals surface area (Å²) < 4.78 is 22.7. The second-order valence-corrected chi connectivity index (χ2v) is 8.01. The third kappa shape index (κ3) is 3.45. The van der Waals surface area contributed by atoms with Crippen molar-refractivity contribution in [3.63, 3.8) is 0 Å². The van der Waals surface area contributed by atoms with Crippen molar-refractivity contribution in [3.8, 4) is 0 Å². The first-order chi connectivity index (χ1) is 8.52. The van der Waals surface area contributed by atoms with E-state index in [-0.39, 0.29) is 6.04 Å². The molecule has 2 rings (SSSR count). The standard InChI is InChI=1S/C13H26N2O2S/c1-3-13-5-4-11(2)15(13)8-7-14-12-6-9-18(16,17)10-12/h11-14H,3-10H2,1-2H3. The molecule has 0 amide bonds. The van der Waals surface area contributed by atoms with Gasteiger partial charge >= 0.3 is 0 Å². The molecule has 0 bridgehead atoms. The van der Waals surface area contributed by atoms with Crippen LogP contribution >= 0.6 is 0 Å². The summed E-state index contributed by atoms with van der Waals surface area (Å²) in [5.74, 6) is 0.697. The molecule has 3 atom stereocenters. The predicted octanol–water partition coefficient (Wildman–Crippen LogP) is 1.03. The van der Waals surface area contributed by atoms with Crippen LogP contribution in [0.5, 0.6) is 0 Å². The first-order valence-corrected chi connectivity index (χ1v) is 9.03. The number of nitrogens with one attached hydrogen (secondary N) is 1. The molecule has 2 fully saturated rings. The number of nitrogens with zero attached hydrogens (tertiary/aromatic N) is 1. The molecular formula is C13H26N2O2S. The van der Waals surface area contributed by atoms with Crippen molar-refractivity contribution in [2.75, 3.05) is 24.6 Å². The van der Waals surface area contributed by atoms with Crippen molar-refractivity contribution in [1.82, 2.24) is 10.2 Å². The van der Waals surface area contributed by atoms with Crippen molar-refractivity contribution >= 4 is 9.84 Å². The topological polar surface area (TPSA) is 49.4 Å². The molecule has 0 aliphatic carbocycles. The fourth-order valence-electron chi connectivity index (χ4n) is 3.32. The van der Waals surface area contributed by atoms with Crippen LogP contribution in [-0.4, -0.2) is 56.0 Å². The maximum absolute atomic E-state index is 11.4. The lowest BCUT2D eigenvalue weighted by Gasteiger charge is -2.28. The molecule has 2 aliphatic rings. The Kier molecular flexibility index (Phi) is 4.67. The van der Waals surface area contributed by atoms with Gasteiger partial charge in [-0.2, -0.15) is 0 Å². The van der Waals surface area contributed by atoms with Crippen LogP contribution < -0.4 is 5.32 Å². The van der Waals surface area contributed by atoms with Gasteiger partial charge in [-0.25, -0.2) is 8.42 Å². The minimum atomic E-state index is -2.75. The molecule has 18 heavy (non-hydrogen) atoms. The van der Waals surface area contributed by atoms with Crippen LogP contribution in [0.15, 0.2) is 0 Å². The van der Waals surface area contributed by atoms with Gasteiger partial charge in [0.2, 0.25) is 0 Å². The Bertz CT molecular complexity index is 369. The van der Waals surface area contributed by atoms with E-state index in [2.05, 4.69) is 24.1 Å². The number of likely N-dealkylation sites (tertiary alicyclic amines) is 1. The van der Waals surface area contributed by atoms with Gasteiger partial charge in [0.05, 0.1) is 11.5 Å². The Labute approximate surface area is 111 Å². The zero-order chi connectivity index (χ0) is 13.2. The first-order valence-electron chi connectivity index (χ1n) is 7.21. The summed E-state index contributed by atoms with van der Waals surface area (Å²) in [6.45, 7) is 6.53. The second kappa shape index (κ2) is 5.88. The summed E-state index contributed by atoms with van der Waals surface area (Å²) in [7, 11) is -2.75. The Morgan fingerprint density at radius 3 is 2.67 bits per heavy atom. The molecule has 1 N–H and O–H groups in total. The SMILES string of the molecule is CCC1CCC(C)N1CCNC1CCS(=O)(=O)C1. The van der Waals surface area contributed by atoms with Gasteiger partial charge in [-0.3, -0.25) is 4.90 Å². The minimum Gasteiger partial charge on any atom is -0.312 e. The van der Waals surface area contributed by atoms with Crippen LogP contribution in [0.25, 0.3) is 0 Å². The molecule has 106 valence electrons. The normalized spacial score (nSPS) is 36.2. The maximum Gasteiger partial charge on any atom is 0.151 e. The average molecular weight is 274 g/mol. The van der Waals surface area contributed by atoms with Crippen molar-refractivity contribution < 1.29 is 8.42 Å². The molecular weight excluding hydrogens is 248 g/mol. The van der Waals surface area contributed by atoms with E-state index in [1.54, 1.807) is 0 Å². The summed E-state index contributed by atoms with van der Waals surface area (Å²) in [6.07, 6.45) is 4.63. The quantitative estimate of drug-likeness (QED) is 0.813. The van der Waals surface area contributed by atoms with Gasteiger partial charge < -0.3 is 5.32 Å². The Morgan fingerprint density at radius 2 is 2.06 bits per heavy atom. The fraction of sp³-hybridized carbons (Fsp3) is 1.00. The fourth-order valence-corrected chi connectivity index (χ4v) is 5.03. The summed E-state index contributed by atoms with van der Waals surface area (Å²) in [5, 5.41) is 3.41. The van der Waals surface area contributed by atoms with E-state index in [0.29, 0.717) is 17.5 Å². The van der Waals surface area contributed by atoms with E-state index in [1.165, 1.54) is 19.3 Å². The molecule has 2 aliphatic heterocycles. The molecule has 4 nitrogen and oxygen atoms in total. The van der Waals surface area contributed by atoms with Crippen molar-refractivity contribution in [2.45, 2.75) is 57.7 Å². The molecule has 0 aromatic carbocycles. The third-order valence-corrected chi connectivity index (χ3v) is 6.23. The van der Waals surface area contributed by atoms with Gasteiger partial charge in [0.25, 0.3) is 0 Å². The molecule has 2 saturated heterocycles. The van der Waals surface area contributed by atoms with Crippen LogP contribution in [0.4, 0.5) is 0 Å². The molecule has 0 aromatic rings. The maximum atomic E-state index is 11.4. The Morgan fingerprint density at radius 1 is 1.28 bits per heavy atom. The number of sulfone groups is 1. The third-order valence-electron chi connectivity index (χ3n) is 4.46. The highest BCUT2D eigenvalue weighted by Crippen LogP contribution is 2.25. The van der Waals surface area contributed by atoms with Gasteiger partial charge in [-0.1, -0.05) is 6.92 Å². The predicted molar refractivity (Wildman–Crippen MR) is 74.5 cm³/mol. The number of hydrogen-bond donors (Lipinski definition) is 1. The first kappa shape index (κ1) is 14.3. The van der Waals surface area contributed by atoms with E-state index in [9.17, 15) is 8.42 Å². The molecule has 0 aromatic heterocycles. The second-order valence-electron chi connectivity index (χ2n) is 5.78. The minimum absolute atomic E-state index is 0.188. The zero-order valence-electron chi connectivity index (χ0n) is 11.6. The molecule has 0 spiro atoms. The van der Waals surface area contributed by atoms with Gasteiger partial charge in [0, 0.05) is 31.2 Å². The van der Waals surface area contributed by atoms with Gasteiger partial charge in [-0.05, 0) is 32.6 Å². The molecule has 2 heterocycles. The Hall–Kier alpha value is -0.130. The van der Waals surface area contributed by atoms with E-state index < -0.39 is 9.84 Å². The monoisotopic (exact) mass is 274 g/mol. The van der Waals surface area contributed by atoms with Gasteiger partial charge in [0.15, 0.2) is 9.84 Å². The highest BCUT2D eigenvalue weighted by atomic mass is 32.2. The van der Waals surface area contributed by atoms with Gasteiger partial charge in [0.1, 0.15) is 0 Å². The van der Waals surface area contributed by atoms with E-state index >= 15 is 0 Å². The largest absolute Gasteiger partial charge is 0.312 e. The number of hydrogen-bond acceptors (Lipinski definition) is 4. The lowest BCUT2D eigenvalue weighted by Crippen LogP contribution is -2.42. The summed E-state index contributed by atoms with van der Waals surface area (Å²) in [4.78, 5) is 2.58. The van der Waals surface area contributed by atoms with Crippen LogP contribution in [0, 0.1) is 0 Å². The van der Waals surface area contributed by atoms with Crippen molar-refractivity contribution in [3.05, 3.63) is 0 Å². The van der Waals surface area contributed by atoms with E-state index in [0.717, 1.165) is 25.6 Å². The lowest BCUT2D eigenvalue weighted by molar-refractivity contribution is 0.197. The van der Waals surface area contributed by atoms with E-state index in [1.807, 2.05) is 0 Å². The lowest BCUT2D eigenvalue weighted by atomic mass is 10.1. The van der Waals surface area contributed by atoms with Gasteiger partial charge in [-0.15, -0.1) is 0 Å². The highest BCUT2D eigenvalue weighted by molar-refractivity contribution is 7.91. The van der Waals surface area contributed by atoms with Crippen molar-refractivity contribution in [2.24, 2.45) is 0 Å². The molecule has 0 radical (unpaired) electrons. The summed E-state index contributed by atoms with van der Waals surface area (Å²) >= 11 is 0. The highest BCUT2D eigenvalue weighted by Gasteiger charge is 2.30. The van der Waals surface area contributed by atoms with E-state index in [4.69, 9.17) is 0 Å². The van der Waals surface area contributed by atoms with Crippen LogP contribution in [0.2, 0.25) is 0 Å². The Balaban J connectivity index is 1.72. The summed E-state index contributed by atoms with van der Waals surface area (Å²) in [6, 6.07) is 1.60. The van der Waals surface area contributed by atoms with Crippen LogP contribution in [0.1, 0.15) is 39.5 Å². The van der Waals surface area contributed by atoms with Crippen LogP contribution in [0.3, 0.4) is 0 Å². The molecule has 0 saturated carbocycles. The smallest absolute Gasteiger partial charge is 0.151 e. The molecule has 3 unspecified atom stereocenters. The average Bonchev–Trinajstić information content (AvgIpc) is 2.83. The molecule has 5 heteroatoms. The summed E-state index contributed by atoms with van der Waals surface area (Å²) in [5.41, 5.74) is 0. The van der Waals surface area contributed by atoms with Crippen LogP contribution in [-0.2, 0) is 9.84 Å². The zero-order valence-corrected chi connectivity index (χ0v) is 12.4. The number of rotatable bonds is 5. The van der Waals surface area contributed by atoms with Crippen molar-refractivity contribution in [1.29, 1.82) is 0 Å².